The number of aromatic amines is 5. The van der Waals surface area contributed by atoms with Gasteiger partial charge in [0.05, 0.1) is 0 Å². The number of hydrogen-bond donors (Lipinski definition) is 15. The minimum Gasteiger partial charge on any atom is -0.459 e. The van der Waals surface area contributed by atoms with E-state index < -0.39 is 190 Å². The highest BCUT2D eigenvalue weighted by Crippen LogP contribution is 2.12. The summed E-state index contributed by atoms with van der Waals surface area (Å²) in [5, 5.41) is 26.7. The lowest BCUT2D eigenvalue weighted by Crippen LogP contribution is -2.49. The maximum atomic E-state index is 14.1. The molecule has 0 fully saturated rings. The molecule has 1 aromatic carbocycles. The van der Waals surface area contributed by atoms with Crippen LogP contribution >= 0.6 is 0 Å². The number of rotatable bonds is 47. The van der Waals surface area contributed by atoms with E-state index in [2.05, 4.69) is 78.1 Å². The molecule has 15 N–H and O–H groups in total. The largest absolute Gasteiger partial charge is 0.459 e. The van der Waals surface area contributed by atoms with Gasteiger partial charge in [-0.15, -0.1) is 0 Å². The van der Waals surface area contributed by atoms with Gasteiger partial charge in [-0.25, -0.2) is 33.6 Å². The summed E-state index contributed by atoms with van der Waals surface area (Å²) >= 11 is 0. The van der Waals surface area contributed by atoms with Gasteiger partial charge in [-0.2, -0.15) is 0 Å². The molecule has 5 atom stereocenters. The molecule has 43 heteroatoms. The minimum absolute atomic E-state index is 0.00415. The quantitative estimate of drug-likeness (QED) is 0.0129. The molecule has 652 valence electrons. The molecule has 6 rings (SSSR count). The summed E-state index contributed by atoms with van der Waals surface area (Å²) < 4.78 is 15.5. The van der Waals surface area contributed by atoms with Gasteiger partial charge in [0.1, 0.15) is 75.1 Å². The smallest absolute Gasteiger partial charge is 0.407 e. The molecule has 0 saturated heterocycles. The number of nitrogens with one attached hydrogen (secondary N) is 15. The first-order chi connectivity index (χ1) is 56.8. The lowest BCUT2D eigenvalue weighted by Gasteiger charge is -2.21. The number of aryl methyl sites for hydroxylation is 5. The van der Waals surface area contributed by atoms with Crippen LogP contribution in [-0.4, -0.2) is 182 Å². The van der Waals surface area contributed by atoms with Crippen LogP contribution in [0.2, 0.25) is 0 Å². The van der Waals surface area contributed by atoms with E-state index in [-0.39, 0.29) is 151 Å². The Morgan fingerprint density at radius 3 is 0.817 bits per heavy atom. The van der Waals surface area contributed by atoms with Crippen LogP contribution in [0.5, 0.6) is 0 Å². The van der Waals surface area contributed by atoms with E-state index in [1.165, 1.54) is 59.4 Å². The maximum absolute atomic E-state index is 14.1. The molecule has 6 aromatic rings. The molecule has 0 aliphatic heterocycles. The van der Waals surface area contributed by atoms with E-state index in [9.17, 15) is 101 Å². The molecule has 5 heterocycles. The van der Waals surface area contributed by atoms with Crippen LogP contribution in [0.3, 0.4) is 0 Å². The van der Waals surface area contributed by atoms with Crippen molar-refractivity contribution in [1.82, 2.24) is 101 Å². The van der Waals surface area contributed by atoms with Crippen LogP contribution < -0.4 is 109 Å². The van der Waals surface area contributed by atoms with Gasteiger partial charge in [-0.1, -0.05) is 30.3 Å². The van der Waals surface area contributed by atoms with Crippen molar-refractivity contribution in [3.63, 3.8) is 0 Å². The highest BCUT2D eigenvalue weighted by atomic mass is 16.6. The van der Waals surface area contributed by atoms with Crippen LogP contribution in [-0.2, 0) is 96.7 Å². The van der Waals surface area contributed by atoms with Crippen LogP contribution in [0.1, 0.15) is 150 Å². The van der Waals surface area contributed by atoms with Crippen LogP contribution in [0.25, 0.3) is 0 Å². The fourth-order valence-corrected chi connectivity index (χ4v) is 12.0. The van der Waals surface area contributed by atoms with Crippen molar-refractivity contribution in [1.29, 1.82) is 0 Å². The number of aromatic nitrogens is 10. The van der Waals surface area contributed by atoms with E-state index in [0.717, 1.165) is 29.0 Å². The Hall–Kier alpha value is -13.4. The molecule has 0 saturated carbocycles. The molecule has 0 aliphatic carbocycles. The Kier molecular flexibility index (Phi) is 37.5. The number of unbranched alkanes of at least 4 members (excludes halogenated alkanes) is 5. The van der Waals surface area contributed by atoms with Crippen LogP contribution in [0.15, 0.2) is 109 Å². The van der Waals surface area contributed by atoms with Crippen molar-refractivity contribution in [2.75, 3.05) is 32.7 Å². The molecule has 43 nitrogen and oxygen atoms in total. The number of benzene rings is 1. The molecular formula is C77H106N20O23. The van der Waals surface area contributed by atoms with Gasteiger partial charge in [0, 0.05) is 91.5 Å². The highest BCUT2D eigenvalue weighted by Gasteiger charge is 2.29. The van der Waals surface area contributed by atoms with E-state index in [4.69, 9.17) is 9.47 Å². The van der Waals surface area contributed by atoms with E-state index in [1.54, 1.807) is 51.1 Å². The summed E-state index contributed by atoms with van der Waals surface area (Å²) in [7, 11) is 0. The molecule has 0 aliphatic rings. The van der Waals surface area contributed by atoms with Gasteiger partial charge < -0.3 is 62.6 Å². The van der Waals surface area contributed by atoms with Gasteiger partial charge in [0.15, 0.2) is 0 Å². The van der Waals surface area contributed by atoms with Crippen molar-refractivity contribution in [2.45, 2.75) is 227 Å². The molecule has 0 unspecified atom stereocenters. The first-order valence-electron chi connectivity index (χ1n) is 39.1. The lowest BCUT2D eigenvalue weighted by molar-refractivity contribution is -0.149. The molecular weight excluding hydrogens is 1570 g/mol. The average Bonchev–Trinajstić information content (AvgIpc) is 0.863. The molecule has 10 amide bonds. The maximum Gasteiger partial charge on any atom is 0.407 e. The Balaban J connectivity index is 1.09. The molecule has 0 radical (unpaired) electrons. The van der Waals surface area contributed by atoms with Crippen LogP contribution in [0, 0.1) is 34.6 Å². The number of amides is 10. The summed E-state index contributed by atoms with van der Waals surface area (Å²) in [5.74, 6) is -7.40. The Bertz CT molecular complexity index is 5270. The summed E-state index contributed by atoms with van der Waals surface area (Å²) in [6.45, 7) is 9.12. The second kappa shape index (κ2) is 47.1. The topological polar surface area (TPSA) is 601 Å². The third kappa shape index (κ3) is 32.9. The fourth-order valence-electron chi connectivity index (χ4n) is 12.0. The van der Waals surface area contributed by atoms with Crippen molar-refractivity contribution in [2.24, 2.45) is 0 Å². The summed E-state index contributed by atoms with van der Waals surface area (Å²) in [6.07, 6.45) is 7.23. The van der Waals surface area contributed by atoms with Gasteiger partial charge in [0.2, 0.25) is 53.2 Å². The van der Waals surface area contributed by atoms with E-state index >= 15 is 0 Å². The summed E-state index contributed by atoms with van der Waals surface area (Å²) in [4.78, 5) is 283. The van der Waals surface area contributed by atoms with Crippen molar-refractivity contribution in [3.05, 3.63) is 199 Å². The number of carbonyl (C=O) groups is 11. The average molecular weight is 1680 g/mol. The number of ether oxygens (including phenoxy) is 2. The SMILES string of the molecule is Cc1cn(CC(=O)N[C@@H](CCCCNC(=O)OC(C)(C)C)C(=O)NCCCC[C@H](NC(=O)Cn2cc(C)c(=O)[nH]c2=O)C(=O)NCCCC[C@H](NC(=O)Cn2cc(C)c(=O)[nH]c2=O)C(=O)NCCCC[C@H](NC(=O)Cn2cc(C)c(=O)[nH]c2=O)C(=O)NCCCC[C@H](NC(=O)Cn2cc(C)c(=O)[nH]c2=O)C(=O)OCc2ccccc2)c(=O)[nH]c1=O. The number of alkyl carbamates (subject to hydrolysis) is 1. The second-order valence-electron chi connectivity index (χ2n) is 29.8. The van der Waals surface area contributed by atoms with Crippen molar-refractivity contribution >= 4 is 65.2 Å². The van der Waals surface area contributed by atoms with E-state index in [1.807, 2.05) is 0 Å². The third-order valence-electron chi connectivity index (χ3n) is 18.4. The molecule has 120 heavy (non-hydrogen) atoms. The van der Waals surface area contributed by atoms with Crippen LogP contribution in [0.4, 0.5) is 4.79 Å². The summed E-state index contributed by atoms with van der Waals surface area (Å²) in [6, 6.07) is 2.52. The van der Waals surface area contributed by atoms with Gasteiger partial charge >= 0.3 is 40.5 Å². The molecule has 0 bridgehead atoms. The first-order valence-corrected chi connectivity index (χ1v) is 39.1. The normalized spacial score (nSPS) is 12.4. The minimum atomic E-state index is -1.29. The van der Waals surface area contributed by atoms with Crippen molar-refractivity contribution < 1.29 is 62.2 Å². The number of H-pyrrole nitrogens is 5. The number of carbonyl (C=O) groups excluding carboxylic acids is 11. The monoisotopic (exact) mass is 1680 g/mol. The highest BCUT2D eigenvalue weighted by molar-refractivity contribution is 5.90. The lowest BCUT2D eigenvalue weighted by atomic mass is 10.1. The third-order valence-corrected chi connectivity index (χ3v) is 18.4. The predicted molar refractivity (Wildman–Crippen MR) is 432 cm³/mol. The molecule has 0 spiro atoms. The number of nitrogens with zero attached hydrogens (tertiary/aromatic N) is 5. The second-order valence-corrected chi connectivity index (χ2v) is 29.8. The van der Waals surface area contributed by atoms with E-state index in [0.29, 0.717) is 18.4 Å². The zero-order valence-corrected chi connectivity index (χ0v) is 68.2. The zero-order chi connectivity index (χ0) is 88.3. The Morgan fingerprint density at radius 1 is 0.333 bits per heavy atom. The Morgan fingerprint density at radius 2 is 0.567 bits per heavy atom. The zero-order valence-electron chi connectivity index (χ0n) is 68.2. The molecule has 5 aromatic heterocycles. The first kappa shape index (κ1) is 95.4. The van der Waals surface area contributed by atoms with Gasteiger partial charge in [0.25, 0.3) is 27.8 Å². The number of hydrogen-bond acceptors (Lipinski definition) is 23. The Labute approximate surface area is 684 Å². The van der Waals surface area contributed by atoms with Gasteiger partial charge in [-0.3, -0.25) is 115 Å². The number of esters is 1. The predicted octanol–water partition coefficient (Wildman–Crippen LogP) is -3.71. The fraction of sp³-hybridized carbons (Fsp3) is 0.519. The van der Waals surface area contributed by atoms with Gasteiger partial charge in [-0.05, 0) is 157 Å². The standard InChI is InChI=1S/C77H106N20O23/c1-45-34-93(71(113)88-61(45)103)39-56(98)83-51(66(108)79-30-18-14-26-53(85-58(100)41-95-36-47(3)63(105)90-73(95)115)68(110)81-32-20-16-28-55(70(112)119-44-50-22-10-9-11-23-50)87-60(102)43-97-38-49(5)65(107)92-75(97)117)24-12-17-29-78-67(109)52(84-57(99)40-94-35-46(2)62(104)89-72(94)114)25-13-19-31-80-69(111)54(27-15-21-33-82-76(118)120-77(6,7)8)86-59(101)42-96-37-48(4)64(106)91-74(96)116/h9-11,22-23,34-38,51-55H,12-21,24-33,39-44H2,1-8H3,(H,78,109)(H,79,108)(H,80,111)(H,81,110)(H,82,118)(H,83,98)(H,84,99)(H,85,100)(H,86,101)(H,87,102)(H,88,103,113)(H,89,104,114)(H,90,105,115)(H,91,106,116)(H,92,107,117)/t51-,52-,53-,54-,55-/m0/s1. The van der Waals surface area contributed by atoms with Crippen molar-refractivity contribution in [3.8, 4) is 0 Å². The summed E-state index contributed by atoms with van der Waals surface area (Å²) in [5.41, 5.74) is -7.19.